The van der Waals surface area contributed by atoms with Crippen molar-refractivity contribution in [3.8, 4) is 16.9 Å². The van der Waals surface area contributed by atoms with Gasteiger partial charge in [-0.25, -0.2) is 0 Å². The first-order valence-corrected chi connectivity index (χ1v) is 7.74. The highest BCUT2D eigenvalue weighted by Gasteiger charge is 2.10. The molecule has 0 aliphatic heterocycles. The predicted molar refractivity (Wildman–Crippen MR) is 98.1 cm³/mol. The van der Waals surface area contributed by atoms with E-state index in [1.165, 1.54) is 6.07 Å². The van der Waals surface area contributed by atoms with Crippen LogP contribution in [-0.4, -0.2) is 15.0 Å². The Morgan fingerprint density at radius 3 is 2.40 bits per heavy atom. The Kier molecular flexibility index (Phi) is 4.57. The number of benzene rings is 2. The molecular formula is C20H16N2O3. The Morgan fingerprint density at radius 2 is 1.68 bits per heavy atom. The second kappa shape index (κ2) is 6.97. The molecule has 1 aromatic heterocycles. The first kappa shape index (κ1) is 16.4. The summed E-state index contributed by atoms with van der Waals surface area (Å²) in [4.78, 5) is 15.2. The van der Waals surface area contributed by atoms with Gasteiger partial charge in [0.05, 0.1) is 16.2 Å². The van der Waals surface area contributed by atoms with Crippen molar-refractivity contribution in [1.29, 1.82) is 0 Å². The molecule has 5 heteroatoms. The molecule has 124 valence electrons. The van der Waals surface area contributed by atoms with Crippen LogP contribution in [0.25, 0.3) is 23.3 Å². The highest BCUT2D eigenvalue weighted by molar-refractivity contribution is 5.75. The van der Waals surface area contributed by atoms with Crippen molar-refractivity contribution in [3.63, 3.8) is 0 Å². The monoisotopic (exact) mass is 332 g/mol. The Bertz CT molecular complexity index is 965. The smallest absolute Gasteiger partial charge is 0.276 e. The number of phenols is 1. The maximum atomic E-state index is 11.1. The topological polar surface area (TPSA) is 76.3 Å². The zero-order valence-electron chi connectivity index (χ0n) is 13.6. The standard InChI is InChI=1S/C20H16N2O3/c1-14-17(18-7-3-5-9-20(18)23)13-12-16(21-14)11-10-15-6-2-4-8-19(15)22(24)25/h2-13,23H,1H3. The van der Waals surface area contributed by atoms with E-state index in [9.17, 15) is 15.2 Å². The van der Waals surface area contributed by atoms with Gasteiger partial charge in [-0.2, -0.15) is 0 Å². The number of nitro groups is 1. The highest BCUT2D eigenvalue weighted by Crippen LogP contribution is 2.30. The average molecular weight is 332 g/mol. The number of hydrogen-bond acceptors (Lipinski definition) is 4. The molecule has 0 aliphatic rings. The van der Waals surface area contributed by atoms with E-state index in [1.54, 1.807) is 42.5 Å². The molecule has 0 atom stereocenters. The van der Waals surface area contributed by atoms with Gasteiger partial charge in [-0.3, -0.25) is 15.1 Å². The van der Waals surface area contributed by atoms with Gasteiger partial charge in [0.1, 0.15) is 5.75 Å². The summed E-state index contributed by atoms with van der Waals surface area (Å²) in [5.74, 6) is 0.204. The summed E-state index contributed by atoms with van der Waals surface area (Å²) >= 11 is 0. The molecule has 2 aromatic carbocycles. The molecule has 0 unspecified atom stereocenters. The van der Waals surface area contributed by atoms with Gasteiger partial charge in [0.15, 0.2) is 0 Å². The number of para-hydroxylation sites is 2. The van der Waals surface area contributed by atoms with Crippen LogP contribution in [0, 0.1) is 17.0 Å². The fourth-order valence-corrected chi connectivity index (χ4v) is 2.63. The molecule has 0 saturated carbocycles. The zero-order chi connectivity index (χ0) is 17.8. The lowest BCUT2D eigenvalue weighted by atomic mass is 10.0. The van der Waals surface area contributed by atoms with Crippen LogP contribution in [0.4, 0.5) is 5.69 Å². The van der Waals surface area contributed by atoms with E-state index < -0.39 is 4.92 Å². The van der Waals surface area contributed by atoms with Crippen molar-refractivity contribution >= 4 is 17.8 Å². The normalized spacial score (nSPS) is 10.9. The van der Waals surface area contributed by atoms with E-state index in [-0.39, 0.29) is 11.4 Å². The van der Waals surface area contributed by atoms with Crippen molar-refractivity contribution < 1.29 is 10.0 Å². The lowest BCUT2D eigenvalue weighted by Gasteiger charge is -2.08. The Balaban J connectivity index is 1.92. The lowest BCUT2D eigenvalue weighted by molar-refractivity contribution is -0.385. The van der Waals surface area contributed by atoms with Crippen molar-refractivity contribution in [2.24, 2.45) is 0 Å². The maximum absolute atomic E-state index is 11.1. The van der Waals surface area contributed by atoms with Crippen LogP contribution in [0.3, 0.4) is 0 Å². The Hall–Kier alpha value is -3.47. The van der Waals surface area contributed by atoms with Gasteiger partial charge >= 0.3 is 0 Å². The minimum atomic E-state index is -0.403. The van der Waals surface area contributed by atoms with Crippen LogP contribution in [0.1, 0.15) is 17.0 Å². The van der Waals surface area contributed by atoms with Crippen LogP contribution in [-0.2, 0) is 0 Å². The number of hydrogen-bond donors (Lipinski definition) is 1. The number of rotatable bonds is 4. The highest BCUT2D eigenvalue weighted by atomic mass is 16.6. The van der Waals surface area contributed by atoms with Gasteiger partial charge in [-0.15, -0.1) is 0 Å². The van der Waals surface area contributed by atoms with Gasteiger partial charge in [0.25, 0.3) is 5.69 Å². The largest absolute Gasteiger partial charge is 0.507 e. The van der Waals surface area contributed by atoms with E-state index in [0.29, 0.717) is 11.3 Å². The lowest BCUT2D eigenvalue weighted by Crippen LogP contribution is -1.92. The SMILES string of the molecule is Cc1nc(C=Cc2ccccc2[N+](=O)[O-])ccc1-c1ccccc1O. The molecule has 0 saturated heterocycles. The number of nitro benzene ring substituents is 1. The quantitative estimate of drug-likeness (QED) is 0.548. The van der Waals surface area contributed by atoms with E-state index in [4.69, 9.17) is 0 Å². The molecule has 0 radical (unpaired) electrons. The molecular weight excluding hydrogens is 316 g/mol. The second-order valence-electron chi connectivity index (χ2n) is 5.54. The summed E-state index contributed by atoms with van der Waals surface area (Å²) in [5.41, 5.74) is 3.61. The van der Waals surface area contributed by atoms with E-state index >= 15 is 0 Å². The van der Waals surface area contributed by atoms with Crippen LogP contribution in [0.15, 0.2) is 60.7 Å². The molecule has 0 bridgehead atoms. The summed E-state index contributed by atoms with van der Waals surface area (Å²) in [7, 11) is 0. The van der Waals surface area contributed by atoms with Crippen molar-refractivity contribution in [3.05, 3.63) is 87.7 Å². The van der Waals surface area contributed by atoms with E-state index in [2.05, 4.69) is 4.98 Å². The number of pyridine rings is 1. The molecule has 25 heavy (non-hydrogen) atoms. The second-order valence-corrected chi connectivity index (χ2v) is 5.54. The molecule has 3 aromatic rings. The third-order valence-electron chi connectivity index (χ3n) is 3.87. The Labute approximate surface area is 145 Å². The number of phenolic OH excluding ortho intramolecular Hbond substituents is 1. The third kappa shape index (κ3) is 3.55. The third-order valence-corrected chi connectivity index (χ3v) is 3.87. The maximum Gasteiger partial charge on any atom is 0.276 e. The average Bonchev–Trinajstić information content (AvgIpc) is 2.61. The fraction of sp³-hybridized carbons (Fsp3) is 0.0500. The molecule has 1 heterocycles. The number of aromatic hydroxyl groups is 1. The van der Waals surface area contributed by atoms with Crippen LogP contribution >= 0.6 is 0 Å². The van der Waals surface area contributed by atoms with Crippen molar-refractivity contribution in [1.82, 2.24) is 4.98 Å². The number of nitrogens with zero attached hydrogens (tertiary/aromatic N) is 2. The summed E-state index contributed by atoms with van der Waals surface area (Å²) < 4.78 is 0. The van der Waals surface area contributed by atoms with E-state index in [0.717, 1.165) is 16.8 Å². The van der Waals surface area contributed by atoms with Crippen LogP contribution < -0.4 is 0 Å². The molecule has 0 aliphatic carbocycles. The zero-order valence-corrected chi connectivity index (χ0v) is 13.6. The first-order chi connectivity index (χ1) is 12.1. The van der Waals surface area contributed by atoms with Gasteiger partial charge in [-0.1, -0.05) is 36.4 Å². The molecule has 0 spiro atoms. The molecule has 0 fully saturated rings. The number of aromatic nitrogens is 1. The first-order valence-electron chi connectivity index (χ1n) is 7.74. The van der Waals surface area contributed by atoms with Gasteiger partial charge in [0, 0.05) is 22.9 Å². The number of aryl methyl sites for hydroxylation is 1. The molecule has 5 nitrogen and oxygen atoms in total. The minimum Gasteiger partial charge on any atom is -0.507 e. The van der Waals surface area contributed by atoms with Gasteiger partial charge < -0.3 is 5.11 Å². The fourth-order valence-electron chi connectivity index (χ4n) is 2.63. The van der Waals surface area contributed by atoms with Crippen molar-refractivity contribution in [2.75, 3.05) is 0 Å². The summed E-state index contributed by atoms with van der Waals surface area (Å²) in [6.07, 6.45) is 3.42. The molecule has 1 N–H and O–H groups in total. The Morgan fingerprint density at radius 1 is 0.960 bits per heavy atom. The predicted octanol–water partition coefficient (Wildman–Crippen LogP) is 4.84. The van der Waals surface area contributed by atoms with Crippen LogP contribution in [0.5, 0.6) is 5.75 Å². The minimum absolute atomic E-state index is 0.0568. The van der Waals surface area contributed by atoms with Gasteiger partial charge in [-0.05, 0) is 37.3 Å². The van der Waals surface area contributed by atoms with Gasteiger partial charge in [0.2, 0.25) is 0 Å². The summed E-state index contributed by atoms with van der Waals surface area (Å²) in [5, 5.41) is 21.0. The molecule has 3 rings (SSSR count). The summed E-state index contributed by atoms with van der Waals surface area (Å²) in [6.45, 7) is 1.87. The van der Waals surface area contributed by atoms with Crippen LogP contribution in [0.2, 0.25) is 0 Å². The van der Waals surface area contributed by atoms with E-state index in [1.807, 2.05) is 31.2 Å². The van der Waals surface area contributed by atoms with Crippen molar-refractivity contribution in [2.45, 2.75) is 6.92 Å². The summed E-state index contributed by atoms with van der Waals surface area (Å²) in [6, 6.07) is 17.4. The molecule has 0 amide bonds.